The molecule has 94 valence electrons. The molecule has 0 N–H and O–H groups in total. The van der Waals surface area contributed by atoms with Gasteiger partial charge in [0.05, 0.1) is 12.2 Å². The highest BCUT2D eigenvalue weighted by Gasteiger charge is 2.31. The van der Waals surface area contributed by atoms with Gasteiger partial charge in [-0.3, -0.25) is 4.79 Å². The van der Waals surface area contributed by atoms with Gasteiger partial charge in [-0.15, -0.1) is 0 Å². The van der Waals surface area contributed by atoms with Crippen molar-refractivity contribution in [3.63, 3.8) is 0 Å². The minimum absolute atomic E-state index is 0.0584. The van der Waals surface area contributed by atoms with Crippen LogP contribution in [0.1, 0.15) is 52.4 Å². The molecule has 1 rings (SSSR count). The van der Waals surface area contributed by atoms with Gasteiger partial charge in [0.2, 0.25) is 0 Å². The molecule has 0 amide bonds. The van der Waals surface area contributed by atoms with Crippen molar-refractivity contribution >= 4 is 5.97 Å². The summed E-state index contributed by atoms with van der Waals surface area (Å²) in [5.41, 5.74) is 0.0584. The number of esters is 1. The van der Waals surface area contributed by atoms with Crippen molar-refractivity contribution < 1.29 is 9.53 Å². The molecule has 3 nitrogen and oxygen atoms in total. The molecule has 17 heavy (non-hydrogen) atoms. The largest absolute Gasteiger partial charge is 0.463 e. The maximum atomic E-state index is 10.9. The number of hydrogen-bond donors (Lipinski definition) is 0. The maximum absolute atomic E-state index is 10.9. The van der Waals surface area contributed by atoms with Crippen molar-refractivity contribution in [1.29, 1.82) is 5.26 Å². The first-order valence-electron chi connectivity index (χ1n) is 6.32. The van der Waals surface area contributed by atoms with E-state index in [1.165, 1.54) is 26.2 Å². The van der Waals surface area contributed by atoms with Gasteiger partial charge in [-0.2, -0.15) is 5.26 Å². The van der Waals surface area contributed by atoms with E-state index >= 15 is 0 Å². The number of rotatable bonds is 4. The molecule has 1 fully saturated rings. The van der Waals surface area contributed by atoms with E-state index in [1.54, 1.807) is 6.08 Å². The fourth-order valence-electron chi connectivity index (χ4n) is 2.81. The van der Waals surface area contributed by atoms with Crippen LogP contribution < -0.4 is 0 Å². The summed E-state index contributed by atoms with van der Waals surface area (Å²) in [5, 5.41) is 8.67. The highest BCUT2D eigenvalue weighted by molar-refractivity contribution is 5.66. The SMILES string of the molecule is CC(=O)OC(C)CC1(/C=C/C#N)CCCCC1. The van der Waals surface area contributed by atoms with Crippen LogP contribution in [-0.4, -0.2) is 12.1 Å². The second-order valence-electron chi connectivity index (χ2n) is 5.01. The summed E-state index contributed by atoms with van der Waals surface area (Å²) in [5.74, 6) is -0.229. The van der Waals surface area contributed by atoms with Gasteiger partial charge in [0.15, 0.2) is 0 Å². The fourth-order valence-corrected chi connectivity index (χ4v) is 2.81. The van der Waals surface area contributed by atoms with Gasteiger partial charge >= 0.3 is 5.97 Å². The van der Waals surface area contributed by atoms with Gasteiger partial charge in [0.1, 0.15) is 0 Å². The summed E-state index contributed by atoms with van der Waals surface area (Å²) in [7, 11) is 0. The molecule has 0 aliphatic heterocycles. The Kier molecular flexibility index (Phi) is 5.21. The molecule has 0 bridgehead atoms. The van der Waals surface area contributed by atoms with Crippen molar-refractivity contribution in [1.82, 2.24) is 0 Å². The van der Waals surface area contributed by atoms with E-state index in [0.717, 1.165) is 19.3 Å². The first kappa shape index (κ1) is 13.8. The highest BCUT2D eigenvalue weighted by Crippen LogP contribution is 2.41. The molecule has 0 aromatic carbocycles. The van der Waals surface area contributed by atoms with Crippen LogP contribution in [0.15, 0.2) is 12.2 Å². The average molecular weight is 235 g/mol. The van der Waals surface area contributed by atoms with Gasteiger partial charge in [-0.1, -0.05) is 25.3 Å². The van der Waals surface area contributed by atoms with Crippen LogP contribution in [0.4, 0.5) is 0 Å². The number of carbonyl (C=O) groups excluding carboxylic acids is 1. The molecule has 1 aliphatic rings. The summed E-state index contributed by atoms with van der Waals surface area (Å²) < 4.78 is 5.20. The van der Waals surface area contributed by atoms with Crippen LogP contribution in [0.25, 0.3) is 0 Å². The molecule has 1 atom stereocenters. The Hall–Kier alpha value is -1.30. The molecule has 0 heterocycles. The van der Waals surface area contributed by atoms with E-state index in [2.05, 4.69) is 6.07 Å². The summed E-state index contributed by atoms with van der Waals surface area (Å²) >= 11 is 0. The molecular formula is C14H21NO2. The third kappa shape index (κ3) is 4.60. The summed E-state index contributed by atoms with van der Waals surface area (Å²) in [6.45, 7) is 3.37. The second-order valence-corrected chi connectivity index (χ2v) is 5.01. The number of nitrogens with zero attached hydrogens (tertiary/aromatic N) is 1. The Bertz CT molecular complexity index is 322. The quantitative estimate of drug-likeness (QED) is 0.554. The summed E-state index contributed by atoms with van der Waals surface area (Å²) in [4.78, 5) is 10.9. The minimum atomic E-state index is -0.229. The van der Waals surface area contributed by atoms with Gasteiger partial charge in [-0.05, 0) is 31.6 Å². The molecule has 0 aromatic rings. The van der Waals surface area contributed by atoms with E-state index in [-0.39, 0.29) is 17.5 Å². The highest BCUT2D eigenvalue weighted by atomic mass is 16.5. The predicted octanol–water partition coefficient (Wildman–Crippen LogP) is 3.36. The van der Waals surface area contributed by atoms with Crippen molar-refractivity contribution in [2.75, 3.05) is 0 Å². The molecule has 0 radical (unpaired) electrons. The fraction of sp³-hybridized carbons (Fsp3) is 0.714. The van der Waals surface area contributed by atoms with Crippen LogP contribution >= 0.6 is 0 Å². The van der Waals surface area contributed by atoms with Gasteiger partial charge in [0, 0.05) is 13.0 Å². The average Bonchev–Trinajstić information content (AvgIpc) is 2.26. The molecule has 0 spiro atoms. The Morgan fingerprint density at radius 1 is 1.47 bits per heavy atom. The third-order valence-electron chi connectivity index (χ3n) is 3.42. The van der Waals surface area contributed by atoms with Gasteiger partial charge in [0.25, 0.3) is 0 Å². The number of allylic oxidation sites excluding steroid dienone is 2. The first-order chi connectivity index (χ1) is 8.08. The van der Waals surface area contributed by atoms with Crippen LogP contribution in [0.5, 0.6) is 0 Å². The zero-order valence-electron chi connectivity index (χ0n) is 10.7. The zero-order valence-corrected chi connectivity index (χ0v) is 10.7. The lowest BCUT2D eigenvalue weighted by Crippen LogP contribution is -2.28. The Balaban J connectivity index is 2.66. The van der Waals surface area contributed by atoms with Crippen LogP contribution in [0.3, 0.4) is 0 Å². The van der Waals surface area contributed by atoms with E-state index in [1.807, 2.05) is 13.0 Å². The molecule has 1 saturated carbocycles. The molecular weight excluding hydrogens is 214 g/mol. The van der Waals surface area contributed by atoms with Gasteiger partial charge in [-0.25, -0.2) is 0 Å². The Morgan fingerprint density at radius 3 is 2.65 bits per heavy atom. The number of ether oxygens (including phenoxy) is 1. The van der Waals surface area contributed by atoms with Crippen LogP contribution in [0, 0.1) is 16.7 Å². The Morgan fingerprint density at radius 2 is 2.12 bits per heavy atom. The van der Waals surface area contributed by atoms with E-state index < -0.39 is 0 Å². The Labute approximate surface area is 103 Å². The van der Waals surface area contributed by atoms with Gasteiger partial charge < -0.3 is 4.74 Å². The topological polar surface area (TPSA) is 50.1 Å². The van der Waals surface area contributed by atoms with Crippen molar-refractivity contribution in [2.45, 2.75) is 58.5 Å². The van der Waals surface area contributed by atoms with E-state index in [0.29, 0.717) is 0 Å². The van der Waals surface area contributed by atoms with Crippen LogP contribution in [0.2, 0.25) is 0 Å². The lowest BCUT2D eigenvalue weighted by atomic mass is 9.70. The summed E-state index contributed by atoms with van der Waals surface area (Å²) in [6, 6.07) is 2.07. The minimum Gasteiger partial charge on any atom is -0.463 e. The standard InChI is InChI=1S/C14H21NO2/c1-12(17-13(2)16)11-14(9-6-10-15)7-4-3-5-8-14/h6,9,12H,3-5,7-8,11H2,1-2H3/b9-6+. The normalized spacial score (nSPS) is 20.8. The van der Waals surface area contributed by atoms with Crippen molar-refractivity contribution in [3.05, 3.63) is 12.2 Å². The predicted molar refractivity (Wildman–Crippen MR) is 66.1 cm³/mol. The second kappa shape index (κ2) is 6.44. The number of carbonyl (C=O) groups is 1. The summed E-state index contributed by atoms with van der Waals surface area (Å²) in [6.07, 6.45) is 10.2. The molecule has 0 aromatic heterocycles. The maximum Gasteiger partial charge on any atom is 0.302 e. The first-order valence-corrected chi connectivity index (χ1v) is 6.32. The third-order valence-corrected chi connectivity index (χ3v) is 3.42. The number of hydrogen-bond acceptors (Lipinski definition) is 3. The van der Waals surface area contributed by atoms with E-state index in [4.69, 9.17) is 10.00 Å². The molecule has 3 heteroatoms. The lowest BCUT2D eigenvalue weighted by molar-refractivity contribution is -0.146. The van der Waals surface area contributed by atoms with E-state index in [9.17, 15) is 4.79 Å². The molecule has 1 aliphatic carbocycles. The zero-order chi connectivity index (χ0) is 12.7. The van der Waals surface area contributed by atoms with Crippen LogP contribution in [-0.2, 0) is 9.53 Å². The number of nitriles is 1. The van der Waals surface area contributed by atoms with Crippen molar-refractivity contribution in [3.8, 4) is 6.07 Å². The smallest absolute Gasteiger partial charge is 0.302 e. The molecule has 0 saturated heterocycles. The molecule has 1 unspecified atom stereocenters. The monoisotopic (exact) mass is 235 g/mol. The van der Waals surface area contributed by atoms with Crippen molar-refractivity contribution in [2.24, 2.45) is 5.41 Å². The lowest BCUT2D eigenvalue weighted by Gasteiger charge is -2.36.